The first-order valence-corrected chi connectivity index (χ1v) is 2.69. The molecular formula is C9H8O3W. The third kappa shape index (κ3) is 24.6. The van der Waals surface area contributed by atoms with Crippen molar-refractivity contribution in [2.75, 3.05) is 0 Å². The summed E-state index contributed by atoms with van der Waals surface area (Å²) in [6.45, 7) is 15.6. The van der Waals surface area contributed by atoms with E-state index >= 15 is 0 Å². The molecule has 0 amide bonds. The Morgan fingerprint density at radius 3 is 1.62 bits per heavy atom. The summed E-state index contributed by atoms with van der Waals surface area (Å²) in [5.74, 6) is 0. The fourth-order valence-electron chi connectivity index (χ4n) is 0.470. The molecule has 1 aromatic rings. The molecule has 0 saturated carbocycles. The van der Waals surface area contributed by atoms with Crippen LogP contribution in [0.2, 0.25) is 0 Å². The van der Waals surface area contributed by atoms with Crippen LogP contribution in [0.15, 0.2) is 24.3 Å². The minimum absolute atomic E-state index is 0. The Balaban J connectivity index is -0.0000000300. The van der Waals surface area contributed by atoms with E-state index in [1.807, 2.05) is 12.1 Å². The molecule has 0 fully saturated rings. The van der Waals surface area contributed by atoms with E-state index in [1.54, 1.807) is 0 Å². The van der Waals surface area contributed by atoms with E-state index in [0.717, 1.165) is 0 Å². The second kappa shape index (κ2) is 30.2. The van der Waals surface area contributed by atoms with E-state index < -0.39 is 0 Å². The summed E-state index contributed by atoms with van der Waals surface area (Å²) >= 11 is 0. The van der Waals surface area contributed by atoms with Gasteiger partial charge in [-0.3, -0.25) is 0 Å². The van der Waals surface area contributed by atoms with Crippen molar-refractivity contribution in [1.29, 1.82) is 0 Å². The Morgan fingerprint density at radius 1 is 1.15 bits per heavy atom. The van der Waals surface area contributed by atoms with Gasteiger partial charge >= 0.3 is 55.0 Å². The quantitative estimate of drug-likeness (QED) is 0.506. The molecule has 0 atom stereocenters. The molecule has 0 aromatic heterocycles. The van der Waals surface area contributed by atoms with E-state index in [4.69, 9.17) is 14.0 Å². The van der Waals surface area contributed by atoms with Gasteiger partial charge in [-0.1, -0.05) is 6.92 Å². The molecule has 68 valence electrons. The second-order valence-electron chi connectivity index (χ2n) is 1.46. The van der Waals surface area contributed by atoms with Crippen LogP contribution in [0.4, 0.5) is 0 Å². The van der Waals surface area contributed by atoms with Gasteiger partial charge in [-0.25, -0.2) is 12.1 Å². The normalized spacial score (nSPS) is 4.54. The molecule has 3 nitrogen and oxygen atoms in total. The zero-order valence-corrected chi connectivity index (χ0v) is 9.88. The molecule has 1 aromatic carbocycles. The van der Waals surface area contributed by atoms with Gasteiger partial charge in [-0.2, -0.15) is 17.7 Å². The summed E-state index contributed by atoms with van der Waals surface area (Å²) in [7, 11) is 0. The zero-order valence-electron chi connectivity index (χ0n) is 7.94. The van der Waals surface area contributed by atoms with Gasteiger partial charge in [0, 0.05) is 0 Å². The van der Waals surface area contributed by atoms with Crippen molar-refractivity contribution in [3.05, 3.63) is 49.8 Å². The van der Waals surface area contributed by atoms with E-state index in [0.29, 0.717) is 0 Å². The van der Waals surface area contributed by atoms with Crippen LogP contribution in [0, 0.1) is 26.9 Å². The molecule has 4 heteroatoms. The number of hydrogen-bond donors (Lipinski definition) is 0. The first-order valence-electron chi connectivity index (χ1n) is 2.69. The van der Waals surface area contributed by atoms with Gasteiger partial charge in [0.25, 0.3) is 0 Å². The molecule has 13 heavy (non-hydrogen) atoms. The topological polar surface area (TPSA) is 59.7 Å². The van der Waals surface area contributed by atoms with Crippen molar-refractivity contribution in [3.63, 3.8) is 0 Å². The molecule has 0 spiro atoms. The van der Waals surface area contributed by atoms with E-state index in [2.05, 4.69) is 39.0 Å². The zero-order chi connectivity index (χ0) is 10.4. The van der Waals surface area contributed by atoms with Gasteiger partial charge in [0.1, 0.15) is 0 Å². The predicted octanol–water partition coefficient (Wildman–Crippen LogP) is 1.71. The molecule has 0 aliphatic rings. The summed E-state index contributed by atoms with van der Waals surface area (Å²) in [4.78, 5) is 0. The summed E-state index contributed by atoms with van der Waals surface area (Å²) < 4.78 is 22.5. The van der Waals surface area contributed by atoms with Gasteiger partial charge in [-0.15, -0.1) is 0 Å². The van der Waals surface area contributed by atoms with Crippen LogP contribution >= 0.6 is 0 Å². The van der Waals surface area contributed by atoms with Gasteiger partial charge < -0.3 is 1.43 Å². The van der Waals surface area contributed by atoms with Crippen LogP contribution in [0.1, 0.15) is 6.99 Å². The fourth-order valence-corrected chi connectivity index (χ4v) is 0.470. The minimum Gasteiger partial charge on any atom is -1.00 e. The van der Waals surface area contributed by atoms with Crippen molar-refractivity contribution in [3.8, 4) is 0 Å². The Bertz CT molecular complexity index is 199. The maximum atomic E-state index is 7.50. The summed E-state index contributed by atoms with van der Waals surface area (Å²) in [5.41, 5.74) is 1.34. The van der Waals surface area contributed by atoms with Crippen molar-refractivity contribution >= 4 is 0 Å². The molecule has 0 N–H and O–H groups in total. The molecule has 0 saturated heterocycles. The molecule has 0 aliphatic carbocycles. The Morgan fingerprint density at radius 2 is 1.54 bits per heavy atom. The molecule has 1 rings (SSSR count). The molecule has 0 heterocycles. The maximum Gasteiger partial charge on any atom is 2.00 e. The van der Waals surface area contributed by atoms with Crippen molar-refractivity contribution in [1.82, 2.24) is 0 Å². The van der Waals surface area contributed by atoms with Gasteiger partial charge in [0.2, 0.25) is 0 Å². The summed E-state index contributed by atoms with van der Waals surface area (Å²) in [6.07, 6.45) is 0. The van der Waals surface area contributed by atoms with Crippen LogP contribution in [0.3, 0.4) is 0 Å². The van der Waals surface area contributed by atoms with Gasteiger partial charge in [-0.05, 0) is 0 Å². The van der Waals surface area contributed by atoms with E-state index in [-0.39, 0.29) is 22.5 Å². The smallest absolute Gasteiger partial charge is 1.00 e. The predicted molar refractivity (Wildman–Crippen MR) is 39.7 cm³/mol. The van der Waals surface area contributed by atoms with Crippen LogP contribution in [0.5, 0.6) is 0 Å². The number of rotatable bonds is 0. The third-order valence-corrected chi connectivity index (χ3v) is 0.829. The van der Waals surface area contributed by atoms with Crippen LogP contribution in [-0.2, 0) is 35.0 Å². The minimum atomic E-state index is 0. The van der Waals surface area contributed by atoms with Crippen LogP contribution in [0.25, 0.3) is 0 Å². The maximum absolute atomic E-state index is 7.50. The van der Waals surface area contributed by atoms with Crippen LogP contribution in [-0.4, -0.2) is 0 Å². The third-order valence-electron chi connectivity index (χ3n) is 0.829. The second-order valence-corrected chi connectivity index (χ2v) is 1.46. The van der Waals surface area contributed by atoms with Gasteiger partial charge in [0.05, 0.1) is 0 Å². The SMILES string of the molecule is Cc1ccc[cH-]1.[C-]#[O+].[C-]#[O+].[C-]#[O+].[H-].[W+2]. The molecule has 0 radical (unpaired) electrons. The largest absolute Gasteiger partial charge is 2.00 e. The van der Waals surface area contributed by atoms with Crippen molar-refractivity contribution < 1.29 is 36.4 Å². The average Bonchev–Trinajstić information content (AvgIpc) is 2.66. The van der Waals surface area contributed by atoms with Crippen LogP contribution < -0.4 is 0 Å². The first kappa shape index (κ1) is 22.8. The molecular weight excluding hydrogens is 340 g/mol. The Hall–Kier alpha value is -0.742. The Labute approximate surface area is 93.4 Å². The van der Waals surface area contributed by atoms with Crippen molar-refractivity contribution in [2.45, 2.75) is 6.92 Å². The average molecular weight is 348 g/mol. The molecule has 0 bridgehead atoms. The molecule has 0 unspecified atom stereocenters. The standard InChI is InChI=1S/C6H7.3CO.W.H/c1-6-4-2-3-5-6;3*1-2;;/h2-5H,1H3;;;;;/q-1;;;;+2;-1. The van der Waals surface area contributed by atoms with E-state index in [9.17, 15) is 0 Å². The first-order chi connectivity index (χ1) is 5.89. The Kier molecular flexibility index (Phi) is 53.0. The van der Waals surface area contributed by atoms with Gasteiger partial charge in [0.15, 0.2) is 0 Å². The number of hydrogen-bond acceptors (Lipinski definition) is 0. The van der Waals surface area contributed by atoms with E-state index in [1.165, 1.54) is 5.56 Å². The monoisotopic (exact) mass is 348 g/mol. The fraction of sp³-hybridized carbons (Fsp3) is 0.111. The van der Waals surface area contributed by atoms with Crippen molar-refractivity contribution in [2.24, 2.45) is 0 Å². The number of aryl methyl sites for hydroxylation is 1. The molecule has 0 aliphatic heterocycles. The summed E-state index contributed by atoms with van der Waals surface area (Å²) in [6, 6.07) is 8.24. The summed E-state index contributed by atoms with van der Waals surface area (Å²) in [5, 5.41) is 0.